The number of amides is 1. The zero-order valence-electron chi connectivity index (χ0n) is 13.9. The highest BCUT2D eigenvalue weighted by Crippen LogP contribution is 2.25. The molecule has 0 aliphatic heterocycles. The molecule has 0 unspecified atom stereocenters. The standard InChI is InChI=1S/C18H17BrN2O4S/c1-2-25-15-8-7-13(9-14(15)19)16(22)21-18(26)20-10-11-3-5-12(6-4-11)17(23)24/h3-9H,2,10H2,1H3,(H,23,24)(H2,20,21,22,26). The Bertz CT molecular complexity index is 824. The fourth-order valence-corrected chi connectivity index (χ4v) is 2.74. The van der Waals surface area contributed by atoms with Gasteiger partial charge in [-0.2, -0.15) is 0 Å². The van der Waals surface area contributed by atoms with Gasteiger partial charge in [0.2, 0.25) is 0 Å². The van der Waals surface area contributed by atoms with Crippen molar-refractivity contribution in [3.63, 3.8) is 0 Å². The predicted octanol–water partition coefficient (Wildman–Crippen LogP) is 3.35. The van der Waals surface area contributed by atoms with E-state index < -0.39 is 5.97 Å². The smallest absolute Gasteiger partial charge is 0.335 e. The first-order valence-corrected chi connectivity index (χ1v) is 8.94. The molecule has 2 aromatic rings. The van der Waals surface area contributed by atoms with Gasteiger partial charge < -0.3 is 15.2 Å². The van der Waals surface area contributed by atoms with E-state index in [1.54, 1.807) is 30.3 Å². The lowest BCUT2D eigenvalue weighted by Gasteiger charge is -2.11. The Balaban J connectivity index is 1.89. The molecule has 2 rings (SSSR count). The minimum atomic E-state index is -0.978. The van der Waals surface area contributed by atoms with Crippen molar-refractivity contribution in [3.05, 3.63) is 63.6 Å². The number of hydrogen-bond acceptors (Lipinski definition) is 4. The summed E-state index contributed by atoms with van der Waals surface area (Å²) >= 11 is 8.49. The van der Waals surface area contributed by atoms with E-state index in [-0.39, 0.29) is 16.6 Å². The van der Waals surface area contributed by atoms with Gasteiger partial charge in [0, 0.05) is 12.1 Å². The summed E-state index contributed by atoms with van der Waals surface area (Å²) in [6, 6.07) is 11.4. The molecule has 26 heavy (non-hydrogen) atoms. The molecular weight excluding hydrogens is 420 g/mol. The number of nitrogens with one attached hydrogen (secondary N) is 2. The maximum absolute atomic E-state index is 12.2. The van der Waals surface area contributed by atoms with E-state index in [1.807, 2.05) is 6.92 Å². The number of carbonyl (C=O) groups excluding carboxylic acids is 1. The summed E-state index contributed by atoms with van der Waals surface area (Å²) in [4.78, 5) is 23.1. The van der Waals surface area contributed by atoms with E-state index in [1.165, 1.54) is 12.1 Å². The van der Waals surface area contributed by atoms with E-state index in [2.05, 4.69) is 26.6 Å². The monoisotopic (exact) mass is 436 g/mol. The van der Waals surface area contributed by atoms with Crippen LogP contribution in [0.15, 0.2) is 46.9 Å². The first-order valence-electron chi connectivity index (χ1n) is 7.74. The van der Waals surface area contributed by atoms with Crippen molar-refractivity contribution in [3.8, 4) is 5.75 Å². The zero-order valence-corrected chi connectivity index (χ0v) is 16.3. The van der Waals surface area contributed by atoms with Crippen molar-refractivity contribution in [2.24, 2.45) is 0 Å². The van der Waals surface area contributed by atoms with E-state index in [4.69, 9.17) is 22.1 Å². The summed E-state index contributed by atoms with van der Waals surface area (Å²) in [5.74, 6) is -0.657. The lowest BCUT2D eigenvalue weighted by Crippen LogP contribution is -2.38. The number of carboxylic acids is 1. The number of carbonyl (C=O) groups is 2. The Morgan fingerprint density at radius 2 is 1.81 bits per heavy atom. The Labute approximate surface area is 164 Å². The average molecular weight is 437 g/mol. The van der Waals surface area contributed by atoms with Crippen LogP contribution in [0.3, 0.4) is 0 Å². The average Bonchev–Trinajstić information content (AvgIpc) is 2.62. The van der Waals surface area contributed by atoms with Gasteiger partial charge in [0.15, 0.2) is 5.11 Å². The molecule has 0 aliphatic rings. The Morgan fingerprint density at radius 1 is 1.15 bits per heavy atom. The van der Waals surface area contributed by atoms with Crippen LogP contribution in [0.4, 0.5) is 0 Å². The van der Waals surface area contributed by atoms with Gasteiger partial charge in [0.1, 0.15) is 5.75 Å². The van der Waals surface area contributed by atoms with Crippen LogP contribution in [-0.2, 0) is 6.54 Å². The lowest BCUT2D eigenvalue weighted by atomic mass is 10.1. The molecule has 0 atom stereocenters. The fraction of sp³-hybridized carbons (Fsp3) is 0.167. The van der Waals surface area contributed by atoms with Gasteiger partial charge in [0.25, 0.3) is 5.91 Å². The number of rotatable bonds is 6. The van der Waals surface area contributed by atoms with Gasteiger partial charge in [-0.05, 0) is 71.0 Å². The van der Waals surface area contributed by atoms with Crippen molar-refractivity contribution >= 4 is 45.1 Å². The lowest BCUT2D eigenvalue weighted by molar-refractivity contribution is 0.0696. The molecular formula is C18H17BrN2O4S. The van der Waals surface area contributed by atoms with Crippen molar-refractivity contribution in [2.45, 2.75) is 13.5 Å². The largest absolute Gasteiger partial charge is 0.493 e. The van der Waals surface area contributed by atoms with Crippen LogP contribution in [0, 0.1) is 0 Å². The maximum atomic E-state index is 12.2. The number of thiocarbonyl (C=S) groups is 1. The van der Waals surface area contributed by atoms with Gasteiger partial charge in [0.05, 0.1) is 16.6 Å². The first-order chi connectivity index (χ1) is 12.4. The first kappa shape index (κ1) is 19.9. The van der Waals surface area contributed by atoms with Crippen molar-refractivity contribution in [2.75, 3.05) is 6.61 Å². The van der Waals surface area contributed by atoms with E-state index in [9.17, 15) is 9.59 Å². The summed E-state index contributed by atoms with van der Waals surface area (Å²) in [6.45, 7) is 2.78. The summed E-state index contributed by atoms with van der Waals surface area (Å²) < 4.78 is 6.09. The second-order valence-corrected chi connectivity index (χ2v) is 6.48. The van der Waals surface area contributed by atoms with Crippen molar-refractivity contribution in [1.82, 2.24) is 10.6 Å². The van der Waals surface area contributed by atoms with Gasteiger partial charge in [-0.3, -0.25) is 10.1 Å². The van der Waals surface area contributed by atoms with Crippen LogP contribution in [-0.4, -0.2) is 28.7 Å². The molecule has 0 aliphatic carbocycles. The summed E-state index contributed by atoms with van der Waals surface area (Å²) in [5.41, 5.74) is 1.50. The predicted molar refractivity (Wildman–Crippen MR) is 106 cm³/mol. The van der Waals surface area contributed by atoms with Crippen LogP contribution in [0.1, 0.15) is 33.2 Å². The molecule has 0 saturated carbocycles. The molecule has 8 heteroatoms. The Morgan fingerprint density at radius 3 is 2.38 bits per heavy atom. The van der Waals surface area contributed by atoms with Crippen LogP contribution in [0.25, 0.3) is 0 Å². The second-order valence-electron chi connectivity index (χ2n) is 5.22. The molecule has 6 nitrogen and oxygen atoms in total. The molecule has 1 amide bonds. The van der Waals surface area contributed by atoms with Gasteiger partial charge in [-0.15, -0.1) is 0 Å². The van der Waals surface area contributed by atoms with Crippen molar-refractivity contribution in [1.29, 1.82) is 0 Å². The highest BCUT2D eigenvalue weighted by molar-refractivity contribution is 9.10. The van der Waals surface area contributed by atoms with Crippen LogP contribution in [0.5, 0.6) is 5.75 Å². The van der Waals surface area contributed by atoms with Gasteiger partial charge >= 0.3 is 5.97 Å². The number of carboxylic acid groups (broad SMARTS) is 1. The highest BCUT2D eigenvalue weighted by atomic mass is 79.9. The number of ether oxygens (including phenoxy) is 1. The number of benzene rings is 2. The molecule has 136 valence electrons. The minimum Gasteiger partial charge on any atom is -0.493 e. The fourth-order valence-electron chi connectivity index (χ4n) is 2.08. The summed E-state index contributed by atoms with van der Waals surface area (Å²) in [7, 11) is 0. The number of aromatic carboxylic acids is 1. The number of halogens is 1. The zero-order chi connectivity index (χ0) is 19.1. The van der Waals surface area contributed by atoms with E-state index in [0.717, 1.165) is 5.56 Å². The minimum absolute atomic E-state index is 0.183. The summed E-state index contributed by atoms with van der Waals surface area (Å²) in [6.07, 6.45) is 0. The molecule has 2 aromatic carbocycles. The molecule has 0 fully saturated rings. The quantitative estimate of drug-likeness (QED) is 0.601. The normalized spacial score (nSPS) is 10.1. The van der Waals surface area contributed by atoms with Crippen LogP contribution < -0.4 is 15.4 Å². The molecule has 0 aromatic heterocycles. The van der Waals surface area contributed by atoms with E-state index >= 15 is 0 Å². The topological polar surface area (TPSA) is 87.7 Å². The summed E-state index contributed by atoms with van der Waals surface area (Å²) in [5, 5.41) is 14.6. The van der Waals surface area contributed by atoms with E-state index in [0.29, 0.717) is 28.9 Å². The molecule has 0 spiro atoms. The van der Waals surface area contributed by atoms with Crippen LogP contribution >= 0.6 is 28.1 Å². The molecule has 0 saturated heterocycles. The molecule has 0 heterocycles. The van der Waals surface area contributed by atoms with Crippen molar-refractivity contribution < 1.29 is 19.4 Å². The molecule has 0 radical (unpaired) electrons. The highest BCUT2D eigenvalue weighted by Gasteiger charge is 2.11. The third-order valence-electron chi connectivity index (χ3n) is 3.37. The van der Waals surface area contributed by atoms with Gasteiger partial charge in [-0.25, -0.2) is 4.79 Å². The Kier molecular flexibility index (Phi) is 7.11. The SMILES string of the molecule is CCOc1ccc(C(=O)NC(=S)NCc2ccc(C(=O)O)cc2)cc1Br. The number of hydrogen-bond donors (Lipinski definition) is 3. The van der Waals surface area contributed by atoms with Gasteiger partial charge in [-0.1, -0.05) is 12.1 Å². The Hall–Kier alpha value is -2.45. The second kappa shape index (κ2) is 9.30. The maximum Gasteiger partial charge on any atom is 0.335 e. The third-order valence-corrected chi connectivity index (χ3v) is 4.24. The molecule has 0 bridgehead atoms. The third kappa shape index (κ3) is 5.53. The molecule has 3 N–H and O–H groups in total. The van der Waals surface area contributed by atoms with Crippen LogP contribution in [0.2, 0.25) is 0 Å².